The maximum Gasteiger partial charge on any atom is 0.321 e. The number of hydrogen-bond acceptors (Lipinski definition) is 3. The van der Waals surface area contributed by atoms with Crippen LogP contribution < -0.4 is 5.73 Å². The molecule has 0 aromatic heterocycles. The summed E-state index contributed by atoms with van der Waals surface area (Å²) in [6.07, 6.45) is -2.92. The fraction of sp³-hybridized carbons (Fsp3) is 0.500. The quantitative estimate of drug-likeness (QED) is 0.454. The van der Waals surface area contributed by atoms with Crippen LogP contribution in [0.15, 0.2) is 0 Å². The Balaban J connectivity index is 4.55. The lowest BCUT2D eigenvalue weighted by molar-refractivity contribution is -0.144. The molecule has 0 heterocycles. The van der Waals surface area contributed by atoms with Crippen LogP contribution in [0.3, 0.4) is 0 Å². The lowest BCUT2D eigenvalue weighted by Crippen LogP contribution is -2.32. The van der Waals surface area contributed by atoms with Gasteiger partial charge in [-0.05, 0) is 0 Å². The zero-order chi connectivity index (χ0) is 9.23. The number of hydrogen-bond donors (Lipinski definition) is 3. The first-order valence-electron chi connectivity index (χ1n) is 3.02. The molecule has 0 bridgehead atoms. The summed E-state index contributed by atoms with van der Waals surface area (Å²) < 4.78 is 13.4. The molecule has 5 heteroatoms. The average Bonchev–Trinajstić information content (AvgIpc) is 1.85. The Kier molecular flexibility index (Phi) is 1.60. The second-order valence-electron chi connectivity index (χ2n) is 1.27. The van der Waals surface area contributed by atoms with Crippen molar-refractivity contribution in [1.29, 1.82) is 0 Å². The summed E-state index contributed by atoms with van der Waals surface area (Å²) in [5.41, 5.74) is 4.74. The monoisotopic (exact) mass is 135 g/mol. The van der Waals surface area contributed by atoms with E-state index in [4.69, 9.17) is 18.7 Å². The van der Waals surface area contributed by atoms with Crippen molar-refractivity contribution in [2.24, 2.45) is 5.73 Å². The Morgan fingerprint density at radius 2 is 2.11 bits per heavy atom. The van der Waals surface area contributed by atoms with E-state index in [2.05, 4.69) is 0 Å². The van der Waals surface area contributed by atoms with Gasteiger partial charge < -0.3 is 15.9 Å². The lowest BCUT2D eigenvalue weighted by atomic mass is 10.2. The molecule has 0 aromatic carbocycles. The minimum Gasteiger partial charge on any atom is -0.481 e. The maximum atomic E-state index is 10.0. The second-order valence-corrected chi connectivity index (χ2v) is 1.27. The molecule has 0 aliphatic heterocycles. The van der Waals surface area contributed by atoms with Crippen LogP contribution in [0.1, 0.15) is 9.11 Å². The molecule has 0 aromatic rings. The van der Waals surface area contributed by atoms with E-state index in [0.29, 0.717) is 0 Å². The second kappa shape index (κ2) is 3.03. The minimum absolute atomic E-state index is 1.68. The fourth-order valence-corrected chi connectivity index (χ4v) is 0.195. The Labute approximate surface area is 53.9 Å². The van der Waals surface area contributed by atoms with Crippen molar-refractivity contribution in [3.8, 4) is 0 Å². The molecule has 1 unspecified atom stereocenters. The van der Waals surface area contributed by atoms with Gasteiger partial charge in [-0.15, -0.1) is 0 Å². The molecule has 0 rings (SSSR count). The van der Waals surface area contributed by atoms with Crippen molar-refractivity contribution in [2.45, 2.75) is 12.4 Å². The zero-order valence-electron chi connectivity index (χ0n) is 6.37. The van der Waals surface area contributed by atoms with Crippen LogP contribution >= 0.6 is 0 Å². The van der Waals surface area contributed by atoms with E-state index in [9.17, 15) is 9.59 Å². The van der Waals surface area contributed by atoms with Gasteiger partial charge in [0.05, 0.1) is 6.37 Å². The van der Waals surface area contributed by atoms with Gasteiger partial charge in [0.2, 0.25) is 0 Å². The molecular formula is C4H7NO4. The molecule has 0 fully saturated rings. The summed E-state index contributed by atoms with van der Waals surface area (Å²) in [5, 5.41) is 16.3. The number of carboxylic acid groups (broad SMARTS) is 2. The predicted molar refractivity (Wildman–Crippen MR) is 27.9 cm³/mol. The zero-order valence-corrected chi connectivity index (χ0v) is 4.37. The third-order valence-corrected chi connectivity index (χ3v) is 0.545. The summed E-state index contributed by atoms with van der Waals surface area (Å²) in [6, 6.07) is -2.04. The predicted octanol–water partition coefficient (Wildman–Crippen LogP) is -1.13. The van der Waals surface area contributed by atoms with Crippen LogP contribution in [-0.4, -0.2) is 28.2 Å². The van der Waals surface area contributed by atoms with E-state index in [1.54, 1.807) is 0 Å². The molecule has 52 valence electrons. The number of carbonyl (C=O) groups is 2. The van der Waals surface area contributed by atoms with Gasteiger partial charge in [-0.2, -0.15) is 0 Å². The van der Waals surface area contributed by atoms with Gasteiger partial charge in [0.15, 0.2) is 0 Å². The topological polar surface area (TPSA) is 101 Å². The first kappa shape index (κ1) is 4.75. The molecule has 1 atom stereocenters. The van der Waals surface area contributed by atoms with Crippen molar-refractivity contribution in [3.05, 3.63) is 0 Å². The molecule has 4 N–H and O–H groups in total. The van der Waals surface area contributed by atoms with E-state index in [0.717, 1.165) is 0 Å². The van der Waals surface area contributed by atoms with Crippen molar-refractivity contribution < 1.29 is 22.5 Å². The van der Waals surface area contributed by atoms with E-state index >= 15 is 0 Å². The number of carboxylic acids is 2. The highest BCUT2D eigenvalue weighted by Gasteiger charge is 2.14. The molecule has 9 heavy (non-hydrogen) atoms. The summed E-state index contributed by atoms with van der Waals surface area (Å²) in [6.45, 7) is 0. The van der Waals surface area contributed by atoms with Crippen molar-refractivity contribution in [1.82, 2.24) is 0 Å². The molecular weight excluding hydrogens is 126 g/mol. The molecule has 0 spiro atoms. The maximum absolute atomic E-state index is 10.0. The number of aliphatic carboxylic acids is 2. The van der Waals surface area contributed by atoms with Crippen LogP contribution in [-0.2, 0) is 9.59 Å². The summed E-state index contributed by atoms with van der Waals surface area (Å²) in [4.78, 5) is 20.1. The van der Waals surface area contributed by atoms with E-state index in [-0.39, 0.29) is 0 Å². The van der Waals surface area contributed by atoms with Crippen LogP contribution in [0.5, 0.6) is 0 Å². The third kappa shape index (κ3) is 3.48. The highest BCUT2D eigenvalue weighted by Crippen LogP contribution is 1.86. The van der Waals surface area contributed by atoms with E-state index < -0.39 is 24.4 Å². The van der Waals surface area contributed by atoms with Crippen molar-refractivity contribution in [3.63, 3.8) is 0 Å². The lowest BCUT2D eigenvalue weighted by Gasteiger charge is -1.99. The standard InChI is InChI=1S/C4H7NO4/c5-2(4(8)9)1-3(6)7/h2H,1,5H2,(H,6,7)(H,8,9)/i1D2. The van der Waals surface area contributed by atoms with Crippen LogP contribution in [0.4, 0.5) is 0 Å². The molecule has 5 nitrogen and oxygen atoms in total. The van der Waals surface area contributed by atoms with Crippen LogP contribution in [0.25, 0.3) is 0 Å². The van der Waals surface area contributed by atoms with Gasteiger partial charge in [0.1, 0.15) is 6.04 Å². The highest BCUT2D eigenvalue weighted by atomic mass is 16.4. The van der Waals surface area contributed by atoms with Crippen molar-refractivity contribution in [2.75, 3.05) is 0 Å². The molecule has 0 saturated heterocycles. The van der Waals surface area contributed by atoms with Gasteiger partial charge in [-0.1, -0.05) is 0 Å². The van der Waals surface area contributed by atoms with Gasteiger partial charge in [-0.25, -0.2) is 0 Å². The Hall–Kier alpha value is -1.10. The Morgan fingerprint density at radius 1 is 1.67 bits per heavy atom. The third-order valence-electron chi connectivity index (χ3n) is 0.545. The van der Waals surface area contributed by atoms with Crippen molar-refractivity contribution >= 4 is 11.9 Å². The van der Waals surface area contributed by atoms with E-state index in [1.165, 1.54) is 0 Å². The average molecular weight is 135 g/mol. The van der Waals surface area contributed by atoms with Crippen LogP contribution in [0, 0.1) is 0 Å². The molecule has 0 radical (unpaired) electrons. The molecule has 0 amide bonds. The fourth-order valence-electron chi connectivity index (χ4n) is 0.195. The largest absolute Gasteiger partial charge is 0.481 e. The summed E-state index contributed by atoms with van der Waals surface area (Å²) in [7, 11) is 0. The smallest absolute Gasteiger partial charge is 0.321 e. The van der Waals surface area contributed by atoms with Crippen LogP contribution in [0.2, 0.25) is 0 Å². The number of nitrogens with two attached hydrogens (primary N) is 1. The van der Waals surface area contributed by atoms with Gasteiger partial charge in [0.25, 0.3) is 0 Å². The van der Waals surface area contributed by atoms with Gasteiger partial charge >= 0.3 is 11.9 Å². The minimum atomic E-state index is -2.92. The molecule has 0 aliphatic carbocycles. The molecule has 0 saturated carbocycles. The van der Waals surface area contributed by atoms with Gasteiger partial charge in [0, 0.05) is 2.74 Å². The first-order valence-corrected chi connectivity index (χ1v) is 2.02. The molecule has 0 aliphatic rings. The SMILES string of the molecule is [2H]C([2H])(C(=O)O)C(N)C(=O)O. The summed E-state index contributed by atoms with van der Waals surface area (Å²) in [5.74, 6) is -3.56. The van der Waals surface area contributed by atoms with Gasteiger partial charge in [-0.3, -0.25) is 9.59 Å². The Morgan fingerprint density at radius 3 is 2.22 bits per heavy atom. The van der Waals surface area contributed by atoms with E-state index in [1.807, 2.05) is 0 Å². The first-order chi connectivity index (χ1) is 4.80. The normalized spacial score (nSPS) is 17.4. The number of rotatable bonds is 3. The Bertz CT molecular complexity index is 193. The highest BCUT2D eigenvalue weighted by molar-refractivity contribution is 5.80. The summed E-state index contributed by atoms with van der Waals surface area (Å²) >= 11 is 0.